The van der Waals surface area contributed by atoms with Gasteiger partial charge >= 0.3 is 0 Å². The van der Waals surface area contributed by atoms with Crippen molar-refractivity contribution in [1.82, 2.24) is 0 Å². The Morgan fingerprint density at radius 2 is 1.29 bits per heavy atom. The van der Waals surface area contributed by atoms with Crippen molar-refractivity contribution in [2.75, 3.05) is 0 Å². The van der Waals surface area contributed by atoms with E-state index < -0.39 is 0 Å². The van der Waals surface area contributed by atoms with Gasteiger partial charge in [-0.2, -0.15) is 0 Å². The Morgan fingerprint density at radius 1 is 0.824 bits per heavy atom. The zero-order valence-corrected chi connectivity index (χ0v) is 12.0. The largest absolute Gasteiger partial charge is 0.303 e. The lowest BCUT2D eigenvalue weighted by molar-refractivity contribution is -0.107. The van der Waals surface area contributed by atoms with Crippen LogP contribution >= 0.6 is 0 Å². The SMILES string of the molecule is CCCCCCCCCCCC[C](C)CC=O. The molecule has 0 N–H and O–H groups in total. The van der Waals surface area contributed by atoms with Gasteiger partial charge in [-0.1, -0.05) is 78.1 Å². The van der Waals surface area contributed by atoms with Crippen molar-refractivity contribution in [2.24, 2.45) is 0 Å². The Hall–Kier alpha value is -0.330. The smallest absolute Gasteiger partial charge is 0.120 e. The average Bonchev–Trinajstić information content (AvgIpc) is 2.32. The molecule has 0 saturated heterocycles. The lowest BCUT2D eigenvalue weighted by atomic mass is 9.99. The van der Waals surface area contributed by atoms with E-state index in [-0.39, 0.29) is 0 Å². The second kappa shape index (κ2) is 13.7. The van der Waals surface area contributed by atoms with Gasteiger partial charge in [-0.3, -0.25) is 0 Å². The van der Waals surface area contributed by atoms with Crippen molar-refractivity contribution in [3.8, 4) is 0 Å². The molecular weight excluding hydrogens is 208 g/mol. The zero-order chi connectivity index (χ0) is 12.8. The van der Waals surface area contributed by atoms with Crippen LogP contribution in [0.5, 0.6) is 0 Å². The van der Waals surface area contributed by atoms with Crippen molar-refractivity contribution >= 4 is 6.29 Å². The van der Waals surface area contributed by atoms with E-state index in [9.17, 15) is 4.79 Å². The normalized spacial score (nSPS) is 11.0. The maximum Gasteiger partial charge on any atom is 0.120 e. The van der Waals surface area contributed by atoms with Gasteiger partial charge in [0.2, 0.25) is 0 Å². The molecule has 17 heavy (non-hydrogen) atoms. The van der Waals surface area contributed by atoms with Gasteiger partial charge in [-0.15, -0.1) is 0 Å². The van der Waals surface area contributed by atoms with Crippen LogP contribution in [0.2, 0.25) is 0 Å². The summed E-state index contributed by atoms with van der Waals surface area (Å²) in [7, 11) is 0. The average molecular weight is 239 g/mol. The minimum atomic E-state index is 0.664. The second-order valence-electron chi connectivity index (χ2n) is 5.26. The summed E-state index contributed by atoms with van der Waals surface area (Å²) < 4.78 is 0. The Kier molecular flexibility index (Phi) is 13.5. The van der Waals surface area contributed by atoms with Gasteiger partial charge in [-0.05, 0) is 12.3 Å². The summed E-state index contributed by atoms with van der Waals surface area (Å²) in [4.78, 5) is 10.3. The molecule has 0 fully saturated rings. The van der Waals surface area contributed by atoms with Crippen molar-refractivity contribution < 1.29 is 4.79 Å². The van der Waals surface area contributed by atoms with Crippen LogP contribution in [0.4, 0.5) is 0 Å². The zero-order valence-electron chi connectivity index (χ0n) is 12.0. The van der Waals surface area contributed by atoms with Gasteiger partial charge in [-0.25, -0.2) is 0 Å². The van der Waals surface area contributed by atoms with E-state index in [1.54, 1.807) is 0 Å². The molecule has 1 nitrogen and oxygen atoms in total. The Balaban J connectivity index is 3.00. The quantitative estimate of drug-likeness (QED) is 0.307. The standard InChI is InChI=1S/C16H31O/c1-3-4-5-6-7-8-9-10-11-12-13-16(2)14-15-17/h15H,3-14H2,1-2H3. The molecule has 0 aliphatic rings. The number of unbranched alkanes of at least 4 members (excludes halogenated alkanes) is 9. The summed E-state index contributed by atoms with van der Waals surface area (Å²) >= 11 is 0. The minimum Gasteiger partial charge on any atom is -0.303 e. The third-order valence-electron chi connectivity index (χ3n) is 3.39. The Morgan fingerprint density at radius 3 is 1.76 bits per heavy atom. The molecule has 0 aromatic heterocycles. The molecule has 0 aliphatic carbocycles. The van der Waals surface area contributed by atoms with Crippen LogP contribution in [-0.4, -0.2) is 6.29 Å². The van der Waals surface area contributed by atoms with Crippen molar-refractivity contribution in [1.29, 1.82) is 0 Å². The molecule has 1 radical (unpaired) electrons. The Labute approximate surface area is 108 Å². The summed E-state index contributed by atoms with van der Waals surface area (Å²) in [5, 5.41) is 0. The third-order valence-corrected chi connectivity index (χ3v) is 3.39. The highest BCUT2D eigenvalue weighted by Crippen LogP contribution is 2.16. The van der Waals surface area contributed by atoms with Gasteiger partial charge < -0.3 is 4.79 Å². The first kappa shape index (κ1) is 16.7. The van der Waals surface area contributed by atoms with E-state index in [1.165, 1.54) is 70.1 Å². The highest BCUT2D eigenvalue weighted by Gasteiger charge is 2.00. The van der Waals surface area contributed by atoms with Crippen molar-refractivity contribution in [3.63, 3.8) is 0 Å². The monoisotopic (exact) mass is 239 g/mol. The first-order valence-electron chi connectivity index (χ1n) is 7.56. The molecule has 0 heterocycles. The predicted octanol–water partition coefficient (Wildman–Crippen LogP) is 5.48. The van der Waals surface area contributed by atoms with E-state index in [0.29, 0.717) is 6.42 Å². The summed E-state index contributed by atoms with van der Waals surface area (Å²) in [6.07, 6.45) is 16.7. The highest BCUT2D eigenvalue weighted by atomic mass is 16.1. The Bertz CT molecular complexity index is 154. The first-order valence-corrected chi connectivity index (χ1v) is 7.56. The van der Waals surface area contributed by atoms with Gasteiger partial charge in [0, 0.05) is 6.42 Å². The number of carbonyl (C=O) groups excluding carboxylic acids is 1. The first-order chi connectivity index (χ1) is 8.31. The van der Waals surface area contributed by atoms with E-state index in [4.69, 9.17) is 0 Å². The van der Waals surface area contributed by atoms with E-state index in [2.05, 4.69) is 13.8 Å². The fraction of sp³-hybridized carbons (Fsp3) is 0.875. The number of aldehydes is 1. The molecule has 0 aliphatic heterocycles. The fourth-order valence-corrected chi connectivity index (χ4v) is 2.16. The van der Waals surface area contributed by atoms with Crippen LogP contribution in [0.1, 0.15) is 90.9 Å². The van der Waals surface area contributed by atoms with E-state index >= 15 is 0 Å². The maximum absolute atomic E-state index is 10.3. The molecule has 0 atom stereocenters. The number of hydrogen-bond acceptors (Lipinski definition) is 1. The van der Waals surface area contributed by atoms with E-state index in [1.807, 2.05) is 0 Å². The predicted molar refractivity (Wildman–Crippen MR) is 76.1 cm³/mol. The molecule has 1 heteroatoms. The van der Waals surface area contributed by atoms with Crippen LogP contribution in [0.3, 0.4) is 0 Å². The molecular formula is C16H31O. The minimum absolute atomic E-state index is 0.664. The second-order valence-corrected chi connectivity index (χ2v) is 5.26. The topological polar surface area (TPSA) is 17.1 Å². The van der Waals surface area contributed by atoms with Gasteiger partial charge in [0.15, 0.2) is 0 Å². The maximum atomic E-state index is 10.3. The summed E-state index contributed by atoms with van der Waals surface area (Å²) in [5.41, 5.74) is 0. The lowest BCUT2D eigenvalue weighted by Gasteiger charge is -2.06. The van der Waals surface area contributed by atoms with E-state index in [0.717, 1.165) is 12.7 Å². The van der Waals surface area contributed by atoms with Crippen LogP contribution in [0.15, 0.2) is 0 Å². The van der Waals surface area contributed by atoms with Gasteiger partial charge in [0.25, 0.3) is 0 Å². The molecule has 0 unspecified atom stereocenters. The number of hydrogen-bond donors (Lipinski definition) is 0. The van der Waals surface area contributed by atoms with Crippen LogP contribution in [0.25, 0.3) is 0 Å². The summed E-state index contributed by atoms with van der Waals surface area (Å²) in [6, 6.07) is 0. The molecule has 0 spiro atoms. The number of carbonyl (C=O) groups is 1. The van der Waals surface area contributed by atoms with Crippen LogP contribution in [-0.2, 0) is 4.79 Å². The molecule has 0 bridgehead atoms. The summed E-state index contributed by atoms with van der Waals surface area (Å²) in [6.45, 7) is 4.37. The molecule has 0 aromatic rings. The molecule has 0 rings (SSSR count). The molecule has 0 saturated carbocycles. The molecule has 101 valence electrons. The van der Waals surface area contributed by atoms with Gasteiger partial charge in [0.05, 0.1) is 0 Å². The fourth-order valence-electron chi connectivity index (χ4n) is 2.16. The lowest BCUT2D eigenvalue weighted by Crippen LogP contribution is -1.92. The summed E-state index contributed by atoms with van der Waals surface area (Å²) in [5.74, 6) is 1.35. The van der Waals surface area contributed by atoms with Crippen LogP contribution < -0.4 is 0 Å². The highest BCUT2D eigenvalue weighted by molar-refractivity contribution is 5.52. The third kappa shape index (κ3) is 13.6. The van der Waals surface area contributed by atoms with Gasteiger partial charge in [0.1, 0.15) is 6.29 Å². The number of rotatable bonds is 13. The van der Waals surface area contributed by atoms with Crippen molar-refractivity contribution in [2.45, 2.75) is 90.9 Å². The van der Waals surface area contributed by atoms with Crippen molar-refractivity contribution in [3.05, 3.63) is 5.92 Å². The van der Waals surface area contributed by atoms with Crippen LogP contribution in [0, 0.1) is 5.92 Å². The molecule has 0 aromatic carbocycles. The molecule has 0 amide bonds.